The van der Waals surface area contributed by atoms with E-state index in [9.17, 15) is 4.79 Å². The topological polar surface area (TPSA) is 26.3 Å². The van der Waals surface area contributed by atoms with Crippen LogP contribution in [0.3, 0.4) is 0 Å². The smallest absolute Gasteiger partial charge is 0.331 e. The van der Waals surface area contributed by atoms with Crippen LogP contribution < -0.4 is 0 Å². The summed E-state index contributed by atoms with van der Waals surface area (Å²) in [4.78, 5) is 12.9. The predicted octanol–water partition coefficient (Wildman–Crippen LogP) is 10.7. The van der Waals surface area contributed by atoms with Gasteiger partial charge in [0, 0.05) is 11.5 Å². The van der Waals surface area contributed by atoms with Crippen molar-refractivity contribution in [3.05, 3.63) is 54.1 Å². The fourth-order valence-electron chi connectivity index (χ4n) is 12.3. The van der Waals surface area contributed by atoms with E-state index in [0.717, 1.165) is 29.7 Å². The summed E-state index contributed by atoms with van der Waals surface area (Å²) in [5.41, 5.74) is 4.44. The van der Waals surface area contributed by atoms with Gasteiger partial charge in [-0.2, -0.15) is 0 Å². The van der Waals surface area contributed by atoms with E-state index in [2.05, 4.69) is 55.0 Å². The molecule has 230 valence electrons. The zero-order valence-corrected chi connectivity index (χ0v) is 27.8. The van der Waals surface area contributed by atoms with Crippen LogP contribution in [0.15, 0.2) is 48.6 Å². The lowest BCUT2D eigenvalue weighted by Gasteiger charge is -2.63. The molecule has 0 bridgehead atoms. The van der Waals surface area contributed by atoms with Crippen LogP contribution in [0.5, 0.6) is 0 Å². The normalized spacial score (nSPS) is 42.3. The van der Waals surface area contributed by atoms with Crippen LogP contribution in [-0.4, -0.2) is 12.1 Å². The quantitative estimate of drug-likeness (QED) is 0.176. The lowest BCUT2D eigenvalue weighted by Crippen LogP contribution is -2.58. The number of ether oxygens (including phenoxy) is 1. The molecule has 0 saturated heterocycles. The van der Waals surface area contributed by atoms with Gasteiger partial charge >= 0.3 is 5.97 Å². The second kappa shape index (κ2) is 10.4. The summed E-state index contributed by atoms with van der Waals surface area (Å²) in [5.74, 6) is 3.58. The zero-order valence-electron chi connectivity index (χ0n) is 27.8. The molecule has 0 aliphatic heterocycles. The van der Waals surface area contributed by atoms with Gasteiger partial charge in [-0.15, -0.1) is 0 Å². The fraction of sp³-hybridized carbons (Fsp3) is 0.725. The van der Waals surface area contributed by atoms with Crippen LogP contribution in [0.4, 0.5) is 0 Å². The van der Waals surface area contributed by atoms with Crippen LogP contribution >= 0.6 is 0 Å². The Balaban J connectivity index is 1.16. The lowest BCUT2D eigenvalue weighted by molar-refractivity contribution is -0.179. The van der Waals surface area contributed by atoms with Crippen LogP contribution in [0.2, 0.25) is 0 Å². The summed E-state index contributed by atoms with van der Waals surface area (Å²) in [7, 11) is 0. The molecule has 0 unspecified atom stereocenters. The summed E-state index contributed by atoms with van der Waals surface area (Å²) in [6.07, 6.45) is 18.1. The average molecular weight is 571 g/mol. The fourth-order valence-corrected chi connectivity index (χ4v) is 12.3. The van der Waals surface area contributed by atoms with Gasteiger partial charge in [0.25, 0.3) is 0 Å². The Morgan fingerprint density at radius 3 is 2.31 bits per heavy atom. The predicted molar refractivity (Wildman–Crippen MR) is 175 cm³/mol. The molecule has 0 heterocycles. The minimum atomic E-state index is -0.184. The molecule has 9 atom stereocenters. The molecule has 0 aromatic heterocycles. The number of rotatable bonds is 8. The number of hydrogen-bond acceptors (Lipinski definition) is 2. The highest BCUT2D eigenvalue weighted by Crippen LogP contribution is 2.89. The first kappa shape index (κ1) is 30.2. The Bertz CT molecular complexity index is 1230. The SMILES string of the molecule is C=C(CC[C@@H](C)[C@H]1CC[C@@]2(C)[C@@H]3CC[C@H]4C(C)(C)[C@@H](OC(=O)C=Cc5ccccc5)CC[C@@]45C[C@@]35CC[C@]12C)C(C)C. The molecule has 1 aromatic rings. The van der Waals surface area contributed by atoms with Crippen molar-refractivity contribution in [2.75, 3.05) is 0 Å². The van der Waals surface area contributed by atoms with E-state index >= 15 is 0 Å². The van der Waals surface area contributed by atoms with Crippen molar-refractivity contribution < 1.29 is 9.53 Å². The van der Waals surface area contributed by atoms with Crippen molar-refractivity contribution in [3.63, 3.8) is 0 Å². The van der Waals surface area contributed by atoms with E-state index in [4.69, 9.17) is 4.74 Å². The molecule has 42 heavy (non-hydrogen) atoms. The summed E-state index contributed by atoms with van der Waals surface area (Å²) in [6, 6.07) is 10.1. The third kappa shape index (κ3) is 4.34. The Kier molecular flexibility index (Phi) is 7.46. The van der Waals surface area contributed by atoms with Gasteiger partial charge in [0.15, 0.2) is 0 Å². The van der Waals surface area contributed by atoms with E-state index in [0.29, 0.717) is 33.5 Å². The maximum atomic E-state index is 12.9. The molecule has 0 radical (unpaired) electrons. The van der Waals surface area contributed by atoms with Gasteiger partial charge in [-0.25, -0.2) is 4.79 Å². The maximum Gasteiger partial charge on any atom is 0.331 e. The zero-order chi connectivity index (χ0) is 30.1. The highest BCUT2D eigenvalue weighted by Gasteiger charge is 2.82. The van der Waals surface area contributed by atoms with E-state index in [-0.39, 0.29) is 17.5 Å². The molecule has 1 aromatic carbocycles. The average Bonchev–Trinajstić information content (AvgIpc) is 3.54. The molecular weight excluding hydrogens is 512 g/mol. The molecule has 5 fully saturated rings. The molecule has 5 aliphatic carbocycles. The Labute approximate surface area is 257 Å². The third-order valence-corrected chi connectivity index (χ3v) is 15.0. The summed E-state index contributed by atoms with van der Waals surface area (Å²) >= 11 is 0. The second-order valence-electron chi connectivity index (χ2n) is 17.0. The summed E-state index contributed by atoms with van der Waals surface area (Å²) in [5, 5.41) is 0. The van der Waals surface area contributed by atoms with Gasteiger partial charge in [0.05, 0.1) is 0 Å². The Morgan fingerprint density at radius 1 is 0.905 bits per heavy atom. The van der Waals surface area contributed by atoms with Gasteiger partial charge in [-0.1, -0.05) is 91.0 Å². The number of hydrogen-bond donors (Lipinski definition) is 0. The number of benzene rings is 1. The maximum absolute atomic E-state index is 12.9. The summed E-state index contributed by atoms with van der Waals surface area (Å²) < 4.78 is 6.24. The highest BCUT2D eigenvalue weighted by molar-refractivity contribution is 5.87. The van der Waals surface area contributed by atoms with Crippen LogP contribution in [0, 0.1) is 56.7 Å². The van der Waals surface area contributed by atoms with Gasteiger partial charge in [0.2, 0.25) is 0 Å². The molecule has 2 spiro atoms. The van der Waals surface area contributed by atoms with E-state index in [1.807, 2.05) is 36.4 Å². The lowest BCUT2D eigenvalue weighted by atomic mass is 9.41. The number of allylic oxidation sites excluding steroid dienone is 1. The van der Waals surface area contributed by atoms with Crippen LogP contribution in [0.25, 0.3) is 6.08 Å². The van der Waals surface area contributed by atoms with Crippen LogP contribution in [-0.2, 0) is 9.53 Å². The monoisotopic (exact) mass is 570 g/mol. The molecule has 5 aliphatic rings. The van der Waals surface area contributed by atoms with Gasteiger partial charge < -0.3 is 4.74 Å². The third-order valence-electron chi connectivity index (χ3n) is 15.0. The number of carbonyl (C=O) groups excluding carboxylic acids is 1. The minimum Gasteiger partial charge on any atom is -0.459 e. The second-order valence-corrected chi connectivity index (χ2v) is 17.0. The molecule has 6 rings (SSSR count). The van der Waals surface area contributed by atoms with Crippen molar-refractivity contribution in [3.8, 4) is 0 Å². The van der Waals surface area contributed by atoms with Crippen molar-refractivity contribution >= 4 is 12.0 Å². The van der Waals surface area contributed by atoms with Crippen molar-refractivity contribution in [1.29, 1.82) is 0 Å². The molecule has 0 N–H and O–H groups in total. The van der Waals surface area contributed by atoms with Crippen molar-refractivity contribution in [2.24, 2.45) is 56.7 Å². The number of esters is 1. The minimum absolute atomic E-state index is 0.0111. The van der Waals surface area contributed by atoms with Crippen LogP contribution in [0.1, 0.15) is 125 Å². The highest BCUT2D eigenvalue weighted by atomic mass is 16.5. The summed E-state index contributed by atoms with van der Waals surface area (Å²) in [6.45, 7) is 21.9. The first-order chi connectivity index (χ1) is 19.8. The van der Waals surface area contributed by atoms with Gasteiger partial charge in [-0.3, -0.25) is 0 Å². The number of fused-ring (bicyclic) bond motifs is 2. The van der Waals surface area contributed by atoms with Crippen molar-refractivity contribution in [1.82, 2.24) is 0 Å². The van der Waals surface area contributed by atoms with Gasteiger partial charge in [-0.05, 0) is 134 Å². The first-order valence-corrected chi connectivity index (χ1v) is 17.4. The van der Waals surface area contributed by atoms with E-state index < -0.39 is 0 Å². The molecule has 2 heteroatoms. The molecule has 5 saturated carbocycles. The largest absolute Gasteiger partial charge is 0.459 e. The Morgan fingerprint density at radius 2 is 1.60 bits per heavy atom. The van der Waals surface area contributed by atoms with Crippen molar-refractivity contribution in [2.45, 2.75) is 125 Å². The number of carbonyl (C=O) groups is 1. The molecule has 0 amide bonds. The molecule has 2 nitrogen and oxygen atoms in total. The van der Waals surface area contributed by atoms with E-state index in [1.165, 1.54) is 69.8 Å². The molecular formula is C40H58O2. The first-order valence-electron chi connectivity index (χ1n) is 17.4. The van der Waals surface area contributed by atoms with E-state index in [1.54, 1.807) is 6.08 Å². The van der Waals surface area contributed by atoms with Gasteiger partial charge in [0.1, 0.15) is 6.10 Å². The Hall–Kier alpha value is -1.83. The standard InChI is InChI=1S/C40H58O2/c1-27(2)28(3)14-15-29(4)31-20-22-38(8)33-18-17-32-36(5,6)34(42-35(41)19-16-30-12-10-9-11-13-30)21-23-39(32)26-40(33,39)25-24-37(31,38)7/h9-13,16,19,27,29,31-34H,3,14-15,17-18,20-26H2,1-2,4-8H3/t29-,31-,32+,33+,34+,37-,38+,39-,40+/m1/s1.